The summed E-state index contributed by atoms with van der Waals surface area (Å²) in [5.41, 5.74) is 0.798. The zero-order valence-electron chi connectivity index (χ0n) is 22.2. The van der Waals surface area contributed by atoms with Gasteiger partial charge in [-0.1, -0.05) is 37.0 Å². The minimum Gasteiger partial charge on any atom is -0.496 e. The standard InChI is InChI=1S/C27H29Cl2FN2O8/c1-13(2)25(32-23(35)8-16-7-15(14(3)33)5-6-22(16)39-4)27(38)31-20(11-24(36)37)21(34)12-40-26-18(28)9-17(30)10-19(26)29/h5-7,9-10,13,20,25H,8,11-12H2,1-4H3,(H,31,38)(H,32,35)(H,36,37)/t20-,25-/m0/s1. The lowest BCUT2D eigenvalue weighted by Crippen LogP contribution is -2.54. The van der Waals surface area contributed by atoms with Crippen molar-refractivity contribution in [1.82, 2.24) is 10.6 Å². The summed E-state index contributed by atoms with van der Waals surface area (Å²) in [6, 6.07) is 3.83. The fraction of sp³-hybridized carbons (Fsp3) is 0.370. The summed E-state index contributed by atoms with van der Waals surface area (Å²) in [5, 5.41) is 13.8. The van der Waals surface area contributed by atoms with Gasteiger partial charge in [0.15, 0.2) is 17.3 Å². The van der Waals surface area contributed by atoms with Crippen LogP contribution < -0.4 is 20.1 Å². The fourth-order valence-electron chi connectivity index (χ4n) is 3.66. The molecule has 0 aliphatic rings. The molecule has 216 valence electrons. The molecule has 0 fully saturated rings. The van der Waals surface area contributed by atoms with E-state index in [1.54, 1.807) is 26.0 Å². The van der Waals surface area contributed by atoms with E-state index in [0.29, 0.717) is 16.9 Å². The van der Waals surface area contributed by atoms with Gasteiger partial charge in [0.05, 0.1) is 30.0 Å². The van der Waals surface area contributed by atoms with Gasteiger partial charge >= 0.3 is 5.97 Å². The molecule has 40 heavy (non-hydrogen) atoms. The van der Waals surface area contributed by atoms with Gasteiger partial charge in [0.2, 0.25) is 11.8 Å². The first-order valence-electron chi connectivity index (χ1n) is 12.0. The minimum absolute atomic E-state index is 0.185. The molecule has 3 N–H and O–H groups in total. The van der Waals surface area contributed by atoms with Crippen LogP contribution in [0.2, 0.25) is 10.0 Å². The SMILES string of the molecule is COc1ccc(C(C)=O)cc1CC(=O)N[C@H](C(=O)N[C@@H](CC(=O)O)C(=O)COc1c(Cl)cc(F)cc1Cl)C(C)C. The molecule has 0 aliphatic heterocycles. The second kappa shape index (κ2) is 14.6. The molecule has 0 spiro atoms. The van der Waals surface area contributed by atoms with Crippen molar-refractivity contribution in [3.05, 3.63) is 57.3 Å². The van der Waals surface area contributed by atoms with Crippen LogP contribution in [0, 0.1) is 11.7 Å². The van der Waals surface area contributed by atoms with Crippen LogP contribution in [0.5, 0.6) is 11.5 Å². The Kier molecular flexibility index (Phi) is 11.9. The van der Waals surface area contributed by atoms with Gasteiger partial charge in [-0.25, -0.2) is 4.39 Å². The van der Waals surface area contributed by atoms with Crippen molar-refractivity contribution in [2.24, 2.45) is 5.92 Å². The number of aliphatic carboxylic acids is 1. The van der Waals surface area contributed by atoms with E-state index in [9.17, 15) is 33.5 Å². The summed E-state index contributed by atoms with van der Waals surface area (Å²) < 4.78 is 24.0. The van der Waals surface area contributed by atoms with Crippen LogP contribution in [0.1, 0.15) is 43.1 Å². The van der Waals surface area contributed by atoms with E-state index in [4.69, 9.17) is 32.7 Å². The topological polar surface area (TPSA) is 148 Å². The third kappa shape index (κ3) is 9.20. The predicted octanol–water partition coefficient (Wildman–Crippen LogP) is 3.63. The number of amides is 2. The monoisotopic (exact) mass is 598 g/mol. The number of carbonyl (C=O) groups excluding carboxylic acids is 4. The third-order valence-corrected chi connectivity index (χ3v) is 6.27. The van der Waals surface area contributed by atoms with E-state index in [0.717, 1.165) is 12.1 Å². The first-order chi connectivity index (χ1) is 18.7. The average Bonchev–Trinajstić information content (AvgIpc) is 2.85. The van der Waals surface area contributed by atoms with Gasteiger partial charge in [-0.05, 0) is 43.2 Å². The highest BCUT2D eigenvalue weighted by atomic mass is 35.5. The highest BCUT2D eigenvalue weighted by Crippen LogP contribution is 2.33. The van der Waals surface area contributed by atoms with E-state index >= 15 is 0 Å². The number of ether oxygens (including phenoxy) is 2. The van der Waals surface area contributed by atoms with E-state index in [2.05, 4.69) is 10.6 Å². The summed E-state index contributed by atoms with van der Waals surface area (Å²) in [4.78, 5) is 61.9. The molecule has 2 rings (SSSR count). The number of carbonyl (C=O) groups is 5. The number of ketones is 2. The maximum absolute atomic E-state index is 13.4. The van der Waals surface area contributed by atoms with Crippen molar-refractivity contribution in [3.8, 4) is 11.5 Å². The normalized spacial score (nSPS) is 12.3. The first-order valence-corrected chi connectivity index (χ1v) is 12.8. The van der Waals surface area contributed by atoms with Crippen molar-refractivity contribution in [3.63, 3.8) is 0 Å². The lowest BCUT2D eigenvalue weighted by molar-refractivity contribution is -0.141. The van der Waals surface area contributed by atoms with Gasteiger partial charge in [0.25, 0.3) is 0 Å². The number of carboxylic acids is 1. The lowest BCUT2D eigenvalue weighted by Gasteiger charge is -2.25. The number of methoxy groups -OCH3 is 1. The summed E-state index contributed by atoms with van der Waals surface area (Å²) in [5.74, 6) is -4.77. The molecule has 0 aromatic heterocycles. The van der Waals surface area contributed by atoms with Crippen molar-refractivity contribution in [2.45, 2.75) is 45.7 Å². The molecule has 0 heterocycles. The Morgan fingerprint density at radius 3 is 2.17 bits per heavy atom. The molecular formula is C27H29Cl2FN2O8. The molecule has 13 heteroatoms. The third-order valence-electron chi connectivity index (χ3n) is 5.71. The summed E-state index contributed by atoms with van der Waals surface area (Å²) in [7, 11) is 1.41. The quantitative estimate of drug-likeness (QED) is 0.279. The smallest absolute Gasteiger partial charge is 0.305 e. The van der Waals surface area contributed by atoms with Crippen molar-refractivity contribution in [1.29, 1.82) is 0 Å². The van der Waals surface area contributed by atoms with Crippen molar-refractivity contribution in [2.75, 3.05) is 13.7 Å². The van der Waals surface area contributed by atoms with Gasteiger partial charge in [0, 0.05) is 11.1 Å². The number of carboxylic acid groups (broad SMARTS) is 1. The molecule has 0 unspecified atom stereocenters. The predicted molar refractivity (Wildman–Crippen MR) is 145 cm³/mol. The van der Waals surface area contributed by atoms with E-state index < -0.39 is 60.4 Å². The largest absolute Gasteiger partial charge is 0.496 e. The van der Waals surface area contributed by atoms with Crippen LogP contribution in [0.4, 0.5) is 4.39 Å². The van der Waals surface area contributed by atoms with Gasteiger partial charge in [0.1, 0.15) is 30.3 Å². The van der Waals surface area contributed by atoms with Crippen LogP contribution >= 0.6 is 23.2 Å². The molecule has 0 saturated heterocycles. The zero-order valence-corrected chi connectivity index (χ0v) is 23.7. The first kappa shape index (κ1) is 32.5. The van der Waals surface area contributed by atoms with Crippen LogP contribution in [0.15, 0.2) is 30.3 Å². The molecule has 0 saturated carbocycles. The molecule has 0 aliphatic carbocycles. The molecular weight excluding hydrogens is 570 g/mol. The minimum atomic E-state index is -1.52. The number of nitrogens with one attached hydrogen (secondary N) is 2. The van der Waals surface area contributed by atoms with Gasteiger partial charge < -0.3 is 25.2 Å². The number of hydrogen-bond acceptors (Lipinski definition) is 7. The summed E-state index contributed by atoms with van der Waals surface area (Å²) >= 11 is 11.8. The summed E-state index contributed by atoms with van der Waals surface area (Å²) in [6.07, 6.45) is -0.988. The van der Waals surface area contributed by atoms with E-state index in [-0.39, 0.29) is 28.0 Å². The molecule has 0 bridgehead atoms. The molecule has 2 aromatic carbocycles. The van der Waals surface area contributed by atoms with E-state index in [1.165, 1.54) is 20.1 Å². The maximum atomic E-state index is 13.4. The van der Waals surface area contributed by atoms with Crippen LogP contribution in [0.25, 0.3) is 0 Å². The second-order valence-electron chi connectivity index (χ2n) is 9.16. The van der Waals surface area contributed by atoms with Crippen molar-refractivity contribution >= 4 is 52.6 Å². The average molecular weight is 599 g/mol. The second-order valence-corrected chi connectivity index (χ2v) is 9.98. The molecule has 2 amide bonds. The number of Topliss-reactive ketones (excluding diaryl/α,β-unsaturated/α-hetero) is 2. The molecule has 0 radical (unpaired) electrons. The highest BCUT2D eigenvalue weighted by molar-refractivity contribution is 6.37. The van der Waals surface area contributed by atoms with Gasteiger partial charge in [-0.3, -0.25) is 24.0 Å². The van der Waals surface area contributed by atoms with Gasteiger partial charge in [-0.2, -0.15) is 0 Å². The lowest BCUT2D eigenvalue weighted by atomic mass is 10.0. The Morgan fingerprint density at radius 2 is 1.65 bits per heavy atom. The molecule has 10 nitrogen and oxygen atoms in total. The zero-order chi connectivity index (χ0) is 30.1. The number of benzene rings is 2. The summed E-state index contributed by atoms with van der Waals surface area (Å²) in [6.45, 7) is 3.95. The van der Waals surface area contributed by atoms with Crippen molar-refractivity contribution < 1.29 is 42.9 Å². The number of rotatable bonds is 14. The Bertz CT molecular complexity index is 1280. The highest BCUT2D eigenvalue weighted by Gasteiger charge is 2.30. The Labute approximate surface area is 240 Å². The van der Waals surface area contributed by atoms with E-state index in [1.807, 2.05) is 0 Å². The van der Waals surface area contributed by atoms with Crippen LogP contribution in [-0.2, 0) is 25.6 Å². The van der Waals surface area contributed by atoms with Gasteiger partial charge in [-0.15, -0.1) is 0 Å². The number of hydrogen-bond donors (Lipinski definition) is 3. The van der Waals surface area contributed by atoms with Crippen LogP contribution in [0.3, 0.4) is 0 Å². The number of halogens is 3. The Balaban J connectivity index is 2.15. The Morgan fingerprint density at radius 1 is 1.02 bits per heavy atom. The molecule has 2 aromatic rings. The van der Waals surface area contributed by atoms with Crippen LogP contribution in [-0.4, -0.2) is 60.3 Å². The maximum Gasteiger partial charge on any atom is 0.305 e. The fourth-order valence-corrected chi connectivity index (χ4v) is 4.23. The molecule has 2 atom stereocenters. The Hall–Kier alpha value is -3.70.